The van der Waals surface area contributed by atoms with E-state index in [-0.39, 0.29) is 17.7 Å². The number of phenols is 1. The second kappa shape index (κ2) is 7.93. The molecule has 2 amide bonds. The lowest BCUT2D eigenvalue weighted by Gasteiger charge is -2.20. The van der Waals surface area contributed by atoms with Crippen LogP contribution in [0.2, 0.25) is 0 Å². The van der Waals surface area contributed by atoms with Crippen LogP contribution in [-0.4, -0.2) is 34.9 Å². The molecule has 1 atom stereocenters. The molecule has 2 rings (SSSR count). The zero-order valence-corrected chi connectivity index (χ0v) is 13.4. The van der Waals surface area contributed by atoms with Crippen LogP contribution in [0.5, 0.6) is 5.75 Å². The zero-order valence-electron chi connectivity index (χ0n) is 13.4. The number of benzene rings is 2. The van der Waals surface area contributed by atoms with Crippen LogP contribution in [0.4, 0.5) is 4.39 Å². The van der Waals surface area contributed by atoms with Crippen molar-refractivity contribution < 1.29 is 19.1 Å². The van der Waals surface area contributed by atoms with Gasteiger partial charge in [-0.15, -0.1) is 0 Å². The average Bonchev–Trinajstić information content (AvgIpc) is 2.61. The Morgan fingerprint density at radius 3 is 2.48 bits per heavy atom. The summed E-state index contributed by atoms with van der Waals surface area (Å²) in [5, 5.41) is 20.7. The van der Waals surface area contributed by atoms with E-state index >= 15 is 0 Å². The molecule has 0 saturated heterocycles. The Kier molecular flexibility index (Phi) is 5.69. The topological polar surface area (TPSA) is 93.4 Å². The zero-order chi connectivity index (χ0) is 18.4. The molecular weight excluding hydrogens is 325 g/mol. The minimum Gasteiger partial charge on any atom is -0.508 e. The molecule has 6 nitrogen and oxygen atoms in total. The van der Waals surface area contributed by atoms with Crippen molar-refractivity contribution in [3.05, 3.63) is 65.5 Å². The van der Waals surface area contributed by atoms with E-state index in [9.17, 15) is 19.1 Å². The summed E-state index contributed by atoms with van der Waals surface area (Å²) in [6.45, 7) is 0. The Morgan fingerprint density at radius 2 is 1.88 bits per heavy atom. The Labute approximate surface area is 144 Å². The van der Waals surface area contributed by atoms with Crippen molar-refractivity contribution in [2.24, 2.45) is 0 Å². The van der Waals surface area contributed by atoms with Crippen molar-refractivity contribution in [2.45, 2.75) is 12.5 Å². The summed E-state index contributed by atoms with van der Waals surface area (Å²) in [6.07, 6.45) is 1.77. The molecule has 2 N–H and O–H groups in total. The fourth-order valence-corrected chi connectivity index (χ4v) is 2.23. The first-order chi connectivity index (χ1) is 11.9. The number of phenolic OH excluding ortho intramolecular Hbond substituents is 1. The molecule has 128 valence electrons. The number of nitriles is 1. The quantitative estimate of drug-likeness (QED) is 0.641. The van der Waals surface area contributed by atoms with Gasteiger partial charge in [0.25, 0.3) is 11.8 Å². The molecule has 1 unspecified atom stereocenters. The van der Waals surface area contributed by atoms with Gasteiger partial charge in [-0.05, 0) is 29.8 Å². The average molecular weight is 341 g/mol. The van der Waals surface area contributed by atoms with Crippen LogP contribution in [0.25, 0.3) is 0 Å². The van der Waals surface area contributed by atoms with Crippen molar-refractivity contribution in [1.82, 2.24) is 10.2 Å². The van der Waals surface area contributed by atoms with E-state index in [0.29, 0.717) is 5.56 Å². The van der Waals surface area contributed by atoms with Crippen LogP contribution < -0.4 is 5.32 Å². The first-order valence-corrected chi connectivity index (χ1v) is 7.43. The van der Waals surface area contributed by atoms with E-state index in [1.807, 2.05) is 0 Å². The highest BCUT2D eigenvalue weighted by molar-refractivity contribution is 5.98. The summed E-state index contributed by atoms with van der Waals surface area (Å²) in [7, 11) is 1.28. The van der Waals surface area contributed by atoms with Gasteiger partial charge in [-0.3, -0.25) is 14.5 Å². The van der Waals surface area contributed by atoms with Crippen molar-refractivity contribution in [1.29, 1.82) is 5.26 Å². The third-order valence-electron chi connectivity index (χ3n) is 3.58. The molecular formula is C18H16FN3O3. The van der Waals surface area contributed by atoms with E-state index in [2.05, 4.69) is 5.32 Å². The maximum absolute atomic E-state index is 13.8. The van der Waals surface area contributed by atoms with Gasteiger partial charge in [-0.2, -0.15) is 5.26 Å². The van der Waals surface area contributed by atoms with Gasteiger partial charge in [-0.25, -0.2) is 4.39 Å². The van der Waals surface area contributed by atoms with Crippen molar-refractivity contribution in [3.63, 3.8) is 0 Å². The van der Waals surface area contributed by atoms with E-state index in [1.54, 1.807) is 18.3 Å². The number of likely N-dealkylation sites (N-methyl/N-ethyl adjacent to an activating group) is 1. The minimum atomic E-state index is -1.05. The second-order valence-corrected chi connectivity index (χ2v) is 5.37. The number of halogens is 1. The van der Waals surface area contributed by atoms with E-state index in [0.717, 1.165) is 11.0 Å². The Morgan fingerprint density at radius 1 is 1.24 bits per heavy atom. The predicted octanol–water partition coefficient (Wildman–Crippen LogP) is 1.81. The molecule has 2 aromatic carbocycles. The molecule has 0 aliphatic rings. The molecule has 0 radical (unpaired) electrons. The molecule has 0 aliphatic carbocycles. The van der Waals surface area contributed by atoms with Gasteiger partial charge in [0.05, 0.1) is 5.56 Å². The van der Waals surface area contributed by atoms with Crippen LogP contribution in [0, 0.1) is 17.3 Å². The molecule has 0 saturated carbocycles. The molecule has 0 spiro atoms. The third-order valence-corrected chi connectivity index (χ3v) is 3.58. The lowest BCUT2D eigenvalue weighted by Crippen LogP contribution is -2.47. The molecule has 0 aliphatic heterocycles. The second-order valence-electron chi connectivity index (χ2n) is 5.37. The maximum Gasteiger partial charge on any atom is 0.258 e. The summed E-state index contributed by atoms with van der Waals surface area (Å²) < 4.78 is 13.8. The predicted molar refractivity (Wildman–Crippen MR) is 87.8 cm³/mol. The van der Waals surface area contributed by atoms with Gasteiger partial charge in [0.2, 0.25) is 0 Å². The van der Waals surface area contributed by atoms with Gasteiger partial charge >= 0.3 is 0 Å². The fraction of sp³-hybridized carbons (Fsp3) is 0.167. The standard InChI is InChI=1S/C18H16FN3O3/c1-22(11-20)18(25)16(10-12-6-8-13(23)9-7-12)21-17(24)14-4-2-3-5-15(14)19/h2-9,16,23H,10H2,1H3,(H,21,24). The van der Waals surface area contributed by atoms with Gasteiger partial charge in [0.1, 0.15) is 17.6 Å². The van der Waals surface area contributed by atoms with E-state index in [1.165, 1.54) is 37.4 Å². The first kappa shape index (κ1) is 17.9. The highest BCUT2D eigenvalue weighted by atomic mass is 19.1. The molecule has 25 heavy (non-hydrogen) atoms. The molecule has 0 heterocycles. The SMILES string of the molecule is CN(C#N)C(=O)C(Cc1ccc(O)cc1)NC(=O)c1ccccc1F. The van der Waals surface area contributed by atoms with Crippen LogP contribution in [0.3, 0.4) is 0 Å². The molecule has 7 heteroatoms. The molecule has 0 aromatic heterocycles. The van der Waals surface area contributed by atoms with Crippen LogP contribution in [-0.2, 0) is 11.2 Å². The number of hydrogen-bond donors (Lipinski definition) is 2. The monoisotopic (exact) mass is 341 g/mol. The van der Waals surface area contributed by atoms with E-state index < -0.39 is 23.7 Å². The largest absolute Gasteiger partial charge is 0.508 e. The van der Waals surface area contributed by atoms with Gasteiger partial charge in [0.15, 0.2) is 6.19 Å². The van der Waals surface area contributed by atoms with Crippen molar-refractivity contribution in [3.8, 4) is 11.9 Å². The van der Waals surface area contributed by atoms with Gasteiger partial charge in [0, 0.05) is 13.5 Å². The van der Waals surface area contributed by atoms with Crippen molar-refractivity contribution in [2.75, 3.05) is 7.05 Å². The summed E-state index contributed by atoms with van der Waals surface area (Å²) in [5.41, 5.74) is 0.474. The number of aromatic hydroxyl groups is 1. The summed E-state index contributed by atoms with van der Waals surface area (Å²) in [4.78, 5) is 25.4. The van der Waals surface area contributed by atoms with Crippen molar-refractivity contribution >= 4 is 11.8 Å². The first-order valence-electron chi connectivity index (χ1n) is 7.43. The van der Waals surface area contributed by atoms with Gasteiger partial charge in [-0.1, -0.05) is 24.3 Å². The number of carbonyl (C=O) groups is 2. The number of nitrogens with zero attached hydrogens (tertiary/aromatic N) is 2. The van der Waals surface area contributed by atoms with E-state index in [4.69, 9.17) is 5.26 Å². The van der Waals surface area contributed by atoms with Crippen LogP contribution in [0.1, 0.15) is 15.9 Å². The molecule has 2 aromatic rings. The number of carbonyl (C=O) groups excluding carboxylic acids is 2. The number of amides is 2. The lowest BCUT2D eigenvalue weighted by atomic mass is 10.0. The lowest BCUT2D eigenvalue weighted by molar-refractivity contribution is -0.129. The summed E-state index contributed by atoms with van der Waals surface area (Å²) in [5.74, 6) is -2.01. The smallest absolute Gasteiger partial charge is 0.258 e. The molecule has 0 bridgehead atoms. The Hall–Kier alpha value is -3.40. The summed E-state index contributed by atoms with van der Waals surface area (Å²) in [6, 6.07) is 10.4. The number of nitrogens with one attached hydrogen (secondary N) is 1. The minimum absolute atomic E-state index is 0.0659. The molecule has 0 fully saturated rings. The van der Waals surface area contributed by atoms with Crippen LogP contribution in [0.15, 0.2) is 48.5 Å². The number of hydrogen-bond acceptors (Lipinski definition) is 4. The normalized spacial score (nSPS) is 11.2. The highest BCUT2D eigenvalue weighted by Gasteiger charge is 2.25. The Bertz CT molecular complexity index is 815. The fourth-order valence-electron chi connectivity index (χ4n) is 2.23. The third kappa shape index (κ3) is 4.54. The van der Waals surface area contributed by atoms with Crippen LogP contribution >= 0.6 is 0 Å². The Balaban J connectivity index is 2.24. The van der Waals surface area contributed by atoms with Gasteiger partial charge < -0.3 is 10.4 Å². The summed E-state index contributed by atoms with van der Waals surface area (Å²) >= 11 is 0. The highest BCUT2D eigenvalue weighted by Crippen LogP contribution is 2.13. The maximum atomic E-state index is 13.8. The number of rotatable bonds is 5.